The van der Waals surface area contributed by atoms with Crippen LogP contribution in [-0.2, 0) is 11.3 Å². The van der Waals surface area contributed by atoms with E-state index in [-0.39, 0.29) is 11.8 Å². The second-order valence-corrected chi connectivity index (χ2v) is 10.4. The zero-order valence-electron chi connectivity index (χ0n) is 20.3. The summed E-state index contributed by atoms with van der Waals surface area (Å²) in [5.74, 6) is 2.05. The number of carbonyl (C=O) groups excluding carboxylic acids is 1. The second kappa shape index (κ2) is 10.7. The molecule has 2 saturated heterocycles. The van der Waals surface area contributed by atoms with Crippen molar-refractivity contribution in [2.45, 2.75) is 32.7 Å². The van der Waals surface area contributed by atoms with E-state index in [2.05, 4.69) is 35.6 Å². The molecule has 2 aliphatic rings. The molecule has 0 radical (unpaired) electrons. The van der Waals surface area contributed by atoms with Crippen LogP contribution in [0.4, 0.5) is 6.01 Å². The Morgan fingerprint density at radius 1 is 1.17 bits per heavy atom. The van der Waals surface area contributed by atoms with Gasteiger partial charge in [0.05, 0.1) is 13.7 Å². The monoisotopic (exact) mass is 496 g/mol. The summed E-state index contributed by atoms with van der Waals surface area (Å²) in [4.78, 5) is 26.4. The molecule has 1 aromatic carbocycles. The lowest BCUT2D eigenvalue weighted by Crippen LogP contribution is -2.42. The van der Waals surface area contributed by atoms with Gasteiger partial charge < -0.3 is 19.5 Å². The number of thiazole rings is 1. The number of methoxy groups -OCH3 is 1. The Morgan fingerprint density at radius 3 is 2.69 bits per heavy atom. The van der Waals surface area contributed by atoms with E-state index >= 15 is 0 Å². The molecule has 5 rings (SSSR count). The van der Waals surface area contributed by atoms with Crippen molar-refractivity contribution in [3.05, 3.63) is 40.3 Å². The van der Waals surface area contributed by atoms with Gasteiger partial charge in [0.1, 0.15) is 10.8 Å². The molecule has 3 aromatic rings. The third kappa shape index (κ3) is 5.82. The molecule has 9 nitrogen and oxygen atoms in total. The molecule has 0 spiro atoms. The summed E-state index contributed by atoms with van der Waals surface area (Å²) in [5.41, 5.74) is 1.97. The van der Waals surface area contributed by atoms with E-state index in [9.17, 15) is 4.79 Å². The van der Waals surface area contributed by atoms with Crippen molar-refractivity contribution in [1.82, 2.24) is 25.3 Å². The molecule has 4 heterocycles. The highest BCUT2D eigenvalue weighted by molar-refractivity contribution is 7.09. The van der Waals surface area contributed by atoms with Crippen molar-refractivity contribution in [3.8, 4) is 17.1 Å². The van der Waals surface area contributed by atoms with Crippen LogP contribution in [0.3, 0.4) is 0 Å². The third-order valence-electron chi connectivity index (χ3n) is 6.86. The fourth-order valence-corrected chi connectivity index (χ4v) is 5.63. The predicted octanol–water partition coefficient (Wildman–Crippen LogP) is 3.36. The molecular formula is C25H32N6O3S. The predicted molar refractivity (Wildman–Crippen MR) is 134 cm³/mol. The molecule has 1 unspecified atom stereocenters. The summed E-state index contributed by atoms with van der Waals surface area (Å²) >= 11 is 1.73. The van der Waals surface area contributed by atoms with E-state index in [1.807, 2.05) is 31.2 Å². The quantitative estimate of drug-likeness (QED) is 0.507. The Bertz CT molecular complexity index is 1120. The largest absolute Gasteiger partial charge is 0.497 e. The van der Waals surface area contributed by atoms with Gasteiger partial charge in [-0.3, -0.25) is 9.69 Å². The van der Waals surface area contributed by atoms with Gasteiger partial charge >= 0.3 is 6.01 Å². The fraction of sp³-hybridized carbons (Fsp3) is 0.520. The smallest absolute Gasteiger partial charge is 0.324 e. The standard InChI is InChI=1S/C25H32N6O3S/c1-17-16-35-22(27-17)15-30-10-7-18(14-30)13-26-24(32)20-8-11-31(12-9-20)25-28-23(29-34-25)19-3-5-21(33-2)6-4-19/h3-6,16,18,20H,7-15H2,1-2H3,(H,26,32). The number of aromatic nitrogens is 3. The van der Waals surface area contributed by atoms with Crippen LogP contribution in [0.25, 0.3) is 11.4 Å². The van der Waals surface area contributed by atoms with E-state index in [4.69, 9.17) is 9.26 Å². The van der Waals surface area contributed by atoms with Gasteiger partial charge in [0.15, 0.2) is 0 Å². The minimum Gasteiger partial charge on any atom is -0.497 e. The number of anilines is 1. The van der Waals surface area contributed by atoms with E-state index in [1.54, 1.807) is 18.4 Å². The molecule has 0 aliphatic carbocycles. The molecule has 186 valence electrons. The van der Waals surface area contributed by atoms with Crippen LogP contribution in [-0.4, -0.2) is 65.8 Å². The zero-order valence-corrected chi connectivity index (χ0v) is 21.1. The summed E-state index contributed by atoms with van der Waals surface area (Å²) in [5, 5.41) is 10.6. The Hall–Kier alpha value is -2.98. The highest BCUT2D eigenvalue weighted by Gasteiger charge is 2.29. The molecule has 1 amide bonds. The third-order valence-corrected chi connectivity index (χ3v) is 7.81. The molecule has 2 aromatic heterocycles. The van der Waals surface area contributed by atoms with Crippen molar-refractivity contribution in [3.63, 3.8) is 0 Å². The van der Waals surface area contributed by atoms with Crippen molar-refractivity contribution in [2.24, 2.45) is 11.8 Å². The number of likely N-dealkylation sites (tertiary alicyclic amines) is 1. The van der Waals surface area contributed by atoms with Gasteiger partial charge in [-0.2, -0.15) is 4.98 Å². The first-order valence-corrected chi connectivity index (χ1v) is 13.1. The lowest BCUT2D eigenvalue weighted by molar-refractivity contribution is -0.125. The summed E-state index contributed by atoms with van der Waals surface area (Å²) in [6.45, 7) is 7.25. The number of aryl methyl sites for hydroxylation is 1. The first kappa shape index (κ1) is 23.7. The van der Waals surface area contributed by atoms with Gasteiger partial charge in [-0.05, 0) is 62.9 Å². The van der Waals surface area contributed by atoms with Gasteiger partial charge in [-0.1, -0.05) is 5.16 Å². The van der Waals surface area contributed by atoms with Crippen LogP contribution < -0.4 is 15.0 Å². The average molecular weight is 497 g/mol. The first-order chi connectivity index (χ1) is 17.1. The van der Waals surface area contributed by atoms with Crippen molar-refractivity contribution in [1.29, 1.82) is 0 Å². The molecule has 2 aliphatic heterocycles. The number of carbonyl (C=O) groups is 1. The zero-order chi connectivity index (χ0) is 24.2. The lowest BCUT2D eigenvalue weighted by Gasteiger charge is -2.30. The number of hydrogen-bond acceptors (Lipinski definition) is 9. The van der Waals surface area contributed by atoms with Crippen LogP contribution in [0.2, 0.25) is 0 Å². The summed E-state index contributed by atoms with van der Waals surface area (Å²) < 4.78 is 10.7. The van der Waals surface area contributed by atoms with Gasteiger partial charge in [-0.15, -0.1) is 11.3 Å². The maximum Gasteiger partial charge on any atom is 0.324 e. The molecule has 0 bridgehead atoms. The van der Waals surface area contributed by atoms with E-state index < -0.39 is 0 Å². The minimum atomic E-state index is 0.0334. The van der Waals surface area contributed by atoms with Gasteiger partial charge in [0, 0.05) is 48.7 Å². The Kier molecular flexibility index (Phi) is 7.29. The summed E-state index contributed by atoms with van der Waals surface area (Å²) in [7, 11) is 1.64. The van der Waals surface area contributed by atoms with E-state index in [0.717, 1.165) is 75.5 Å². The Morgan fingerprint density at radius 2 is 1.97 bits per heavy atom. The molecule has 1 N–H and O–H groups in total. The lowest BCUT2D eigenvalue weighted by atomic mass is 9.96. The number of benzene rings is 1. The van der Waals surface area contributed by atoms with Gasteiger partial charge in [0.25, 0.3) is 0 Å². The normalized spacial score (nSPS) is 19.3. The number of amides is 1. The first-order valence-electron chi connectivity index (χ1n) is 12.2. The van der Waals surface area contributed by atoms with Crippen LogP contribution in [0.5, 0.6) is 5.75 Å². The van der Waals surface area contributed by atoms with Crippen LogP contribution in [0.1, 0.15) is 30.0 Å². The minimum absolute atomic E-state index is 0.0334. The summed E-state index contributed by atoms with van der Waals surface area (Å²) in [6, 6.07) is 8.08. The summed E-state index contributed by atoms with van der Waals surface area (Å²) in [6.07, 6.45) is 2.69. The van der Waals surface area contributed by atoms with Crippen molar-refractivity contribution < 1.29 is 14.1 Å². The Balaban J connectivity index is 1.05. The van der Waals surface area contributed by atoms with Crippen LogP contribution >= 0.6 is 11.3 Å². The molecule has 10 heteroatoms. The number of nitrogens with one attached hydrogen (secondary N) is 1. The number of nitrogens with zero attached hydrogens (tertiary/aromatic N) is 5. The Labute approximate surface area is 209 Å². The van der Waals surface area contributed by atoms with Gasteiger partial charge in [0.2, 0.25) is 11.7 Å². The maximum atomic E-state index is 12.8. The number of rotatable bonds is 8. The van der Waals surface area contributed by atoms with E-state index in [1.165, 1.54) is 5.01 Å². The van der Waals surface area contributed by atoms with E-state index in [0.29, 0.717) is 17.8 Å². The molecule has 0 saturated carbocycles. The fourth-order valence-electron chi connectivity index (χ4n) is 4.81. The SMILES string of the molecule is COc1ccc(-c2noc(N3CCC(C(=O)NCC4CCN(Cc5nc(C)cs5)C4)CC3)n2)cc1. The maximum absolute atomic E-state index is 12.8. The molecular weight excluding hydrogens is 464 g/mol. The second-order valence-electron chi connectivity index (χ2n) is 9.41. The average Bonchev–Trinajstić information content (AvgIpc) is 3.65. The molecule has 2 fully saturated rings. The van der Waals surface area contributed by atoms with Crippen molar-refractivity contribution in [2.75, 3.05) is 44.7 Å². The molecule has 1 atom stereocenters. The van der Waals surface area contributed by atoms with Crippen molar-refractivity contribution >= 4 is 23.3 Å². The van der Waals surface area contributed by atoms with Gasteiger partial charge in [-0.25, -0.2) is 4.98 Å². The highest BCUT2D eigenvalue weighted by Crippen LogP contribution is 2.26. The van der Waals surface area contributed by atoms with Crippen LogP contribution in [0, 0.1) is 18.8 Å². The van der Waals surface area contributed by atoms with Crippen LogP contribution in [0.15, 0.2) is 34.2 Å². The molecule has 35 heavy (non-hydrogen) atoms. The highest BCUT2D eigenvalue weighted by atomic mass is 32.1. The topological polar surface area (TPSA) is 96.6 Å². The number of piperidine rings is 1. The number of hydrogen-bond donors (Lipinski definition) is 1. The number of ether oxygens (including phenoxy) is 1.